The van der Waals surface area contributed by atoms with Crippen LogP contribution in [0, 0.1) is 0 Å². The maximum atomic E-state index is 5.18. The quantitative estimate of drug-likeness (QED) is 0.755. The molecule has 0 aliphatic heterocycles. The van der Waals surface area contributed by atoms with Crippen LogP contribution in [0.15, 0.2) is 35.9 Å². The number of nitrogens with one attached hydrogen (secondary N) is 1. The van der Waals surface area contributed by atoms with Crippen LogP contribution in [0.4, 0.5) is 0 Å². The summed E-state index contributed by atoms with van der Waals surface area (Å²) in [4.78, 5) is 0. The van der Waals surface area contributed by atoms with Crippen LogP contribution in [0.25, 0.3) is 0 Å². The van der Waals surface area contributed by atoms with E-state index in [1.54, 1.807) is 12.7 Å². The predicted octanol–water partition coefficient (Wildman–Crippen LogP) is 4.11. The number of hydrogen-bond donors (Lipinski definition) is 1. The average Bonchev–Trinajstić information content (AvgIpc) is 2.49. The van der Waals surface area contributed by atoms with Gasteiger partial charge >= 0.3 is 0 Å². The fourth-order valence-electron chi connectivity index (χ4n) is 2.80. The summed E-state index contributed by atoms with van der Waals surface area (Å²) in [6, 6.07) is 8.90. The molecule has 0 unspecified atom stereocenters. The van der Waals surface area contributed by atoms with Gasteiger partial charge in [0.05, 0.1) is 7.11 Å². The molecule has 2 nitrogen and oxygen atoms in total. The Morgan fingerprint density at radius 2 is 2.00 bits per heavy atom. The lowest BCUT2D eigenvalue weighted by atomic mass is 9.97. The van der Waals surface area contributed by atoms with Crippen molar-refractivity contribution in [2.24, 2.45) is 0 Å². The summed E-state index contributed by atoms with van der Waals surface area (Å²) in [7, 11) is 1.71. The van der Waals surface area contributed by atoms with E-state index in [-0.39, 0.29) is 0 Å². The van der Waals surface area contributed by atoms with Gasteiger partial charge in [-0.05, 0) is 69.7 Å². The van der Waals surface area contributed by atoms with E-state index < -0.39 is 0 Å². The molecule has 0 fully saturated rings. The van der Waals surface area contributed by atoms with Gasteiger partial charge in [0.1, 0.15) is 5.75 Å². The Labute approximate surface area is 123 Å². The molecule has 0 radical (unpaired) electrons. The van der Waals surface area contributed by atoms with Crippen LogP contribution in [-0.2, 0) is 6.42 Å². The van der Waals surface area contributed by atoms with Crippen molar-refractivity contribution in [3.8, 4) is 5.75 Å². The summed E-state index contributed by atoms with van der Waals surface area (Å²) in [5.41, 5.74) is 3.02. The molecule has 0 bridgehead atoms. The van der Waals surface area contributed by atoms with E-state index in [1.807, 2.05) is 12.1 Å². The van der Waals surface area contributed by atoms with Crippen LogP contribution in [0.5, 0.6) is 5.75 Å². The van der Waals surface area contributed by atoms with Crippen molar-refractivity contribution >= 4 is 0 Å². The summed E-state index contributed by atoms with van der Waals surface area (Å²) < 4.78 is 5.18. The molecule has 0 aromatic heterocycles. The van der Waals surface area contributed by atoms with Crippen molar-refractivity contribution in [2.75, 3.05) is 13.7 Å². The van der Waals surface area contributed by atoms with Gasteiger partial charge in [-0.2, -0.15) is 0 Å². The van der Waals surface area contributed by atoms with Gasteiger partial charge in [-0.1, -0.05) is 23.8 Å². The summed E-state index contributed by atoms with van der Waals surface area (Å²) in [6.07, 6.45) is 10.1. The van der Waals surface area contributed by atoms with Crippen molar-refractivity contribution in [1.29, 1.82) is 0 Å². The zero-order valence-corrected chi connectivity index (χ0v) is 12.8. The molecule has 1 aliphatic rings. The van der Waals surface area contributed by atoms with Gasteiger partial charge in [0.25, 0.3) is 0 Å². The zero-order valence-electron chi connectivity index (χ0n) is 12.8. The molecule has 0 amide bonds. The second-order valence-electron chi connectivity index (χ2n) is 5.77. The largest absolute Gasteiger partial charge is 0.497 e. The highest BCUT2D eigenvalue weighted by atomic mass is 16.5. The van der Waals surface area contributed by atoms with E-state index >= 15 is 0 Å². The molecule has 0 saturated carbocycles. The van der Waals surface area contributed by atoms with Crippen LogP contribution >= 0.6 is 0 Å². The highest BCUT2D eigenvalue weighted by molar-refractivity contribution is 5.27. The molecule has 1 aromatic carbocycles. The maximum absolute atomic E-state index is 5.18. The molecule has 1 atom stereocenters. The Morgan fingerprint density at radius 3 is 2.65 bits per heavy atom. The first-order valence-corrected chi connectivity index (χ1v) is 7.82. The van der Waals surface area contributed by atoms with Crippen LogP contribution in [0.3, 0.4) is 0 Å². The number of allylic oxidation sites excluding steroid dienone is 1. The monoisotopic (exact) mass is 273 g/mol. The summed E-state index contributed by atoms with van der Waals surface area (Å²) in [6.45, 7) is 3.36. The van der Waals surface area contributed by atoms with Gasteiger partial charge in [0.15, 0.2) is 0 Å². The Balaban J connectivity index is 1.68. The topological polar surface area (TPSA) is 21.3 Å². The number of ether oxygens (including phenoxy) is 1. The number of hydrogen-bond acceptors (Lipinski definition) is 2. The van der Waals surface area contributed by atoms with Crippen molar-refractivity contribution in [3.63, 3.8) is 0 Å². The summed E-state index contributed by atoms with van der Waals surface area (Å²) in [5.74, 6) is 0.929. The highest BCUT2D eigenvalue weighted by Crippen LogP contribution is 2.19. The lowest BCUT2D eigenvalue weighted by molar-refractivity contribution is 0.414. The highest BCUT2D eigenvalue weighted by Gasteiger charge is 2.06. The van der Waals surface area contributed by atoms with Crippen LogP contribution in [-0.4, -0.2) is 19.7 Å². The first kappa shape index (κ1) is 15.1. The Bertz CT molecular complexity index is 422. The van der Waals surface area contributed by atoms with Crippen LogP contribution in [0.2, 0.25) is 0 Å². The van der Waals surface area contributed by atoms with E-state index in [0.717, 1.165) is 18.7 Å². The molecule has 1 N–H and O–H groups in total. The normalized spacial score (nSPS) is 16.6. The van der Waals surface area contributed by atoms with Crippen LogP contribution < -0.4 is 10.1 Å². The number of methoxy groups -OCH3 is 1. The molecule has 1 aliphatic carbocycles. The van der Waals surface area contributed by atoms with Crippen molar-refractivity contribution in [3.05, 3.63) is 41.5 Å². The molecular formula is C18H27NO. The van der Waals surface area contributed by atoms with Gasteiger partial charge in [-0.3, -0.25) is 0 Å². The second-order valence-corrected chi connectivity index (χ2v) is 5.77. The van der Waals surface area contributed by atoms with Gasteiger partial charge < -0.3 is 10.1 Å². The average molecular weight is 273 g/mol. The molecule has 0 heterocycles. The third-order valence-electron chi connectivity index (χ3n) is 4.02. The van der Waals surface area contributed by atoms with E-state index in [0.29, 0.717) is 6.04 Å². The number of rotatable bonds is 7. The SMILES string of the molecule is COc1ccc(C[C@@H](C)NCCC2=CCCCC2)cc1. The molecule has 2 rings (SSSR count). The van der Waals surface area contributed by atoms with E-state index in [9.17, 15) is 0 Å². The molecule has 1 aromatic rings. The lowest BCUT2D eigenvalue weighted by Gasteiger charge is -2.16. The fourth-order valence-corrected chi connectivity index (χ4v) is 2.80. The molecular weight excluding hydrogens is 246 g/mol. The maximum Gasteiger partial charge on any atom is 0.118 e. The first-order chi connectivity index (χ1) is 9.78. The zero-order chi connectivity index (χ0) is 14.2. The van der Waals surface area contributed by atoms with E-state index in [4.69, 9.17) is 4.74 Å². The number of benzene rings is 1. The fraction of sp³-hybridized carbons (Fsp3) is 0.556. The second kappa shape index (κ2) is 8.11. The minimum absolute atomic E-state index is 0.521. The minimum Gasteiger partial charge on any atom is -0.497 e. The summed E-state index contributed by atoms with van der Waals surface area (Å²) >= 11 is 0. The smallest absolute Gasteiger partial charge is 0.118 e. The molecule has 0 spiro atoms. The third kappa shape index (κ3) is 5.01. The van der Waals surface area contributed by atoms with Crippen molar-refractivity contribution in [1.82, 2.24) is 5.32 Å². The standard InChI is InChI=1S/C18H27NO/c1-15(14-17-8-10-18(20-2)11-9-17)19-13-12-16-6-4-3-5-7-16/h6,8-11,15,19H,3-5,7,12-14H2,1-2H3/t15-/m1/s1. The van der Waals surface area contributed by atoms with Crippen LogP contribution in [0.1, 0.15) is 44.6 Å². The summed E-state index contributed by atoms with van der Waals surface area (Å²) in [5, 5.41) is 3.63. The minimum atomic E-state index is 0.521. The van der Waals surface area contributed by atoms with Gasteiger partial charge in [-0.25, -0.2) is 0 Å². The van der Waals surface area contributed by atoms with E-state index in [1.165, 1.54) is 37.7 Å². The third-order valence-corrected chi connectivity index (χ3v) is 4.02. The Hall–Kier alpha value is -1.28. The Kier molecular flexibility index (Phi) is 6.13. The van der Waals surface area contributed by atoms with Gasteiger partial charge in [0.2, 0.25) is 0 Å². The molecule has 20 heavy (non-hydrogen) atoms. The lowest BCUT2D eigenvalue weighted by Crippen LogP contribution is -2.29. The molecule has 110 valence electrons. The molecule has 0 saturated heterocycles. The van der Waals surface area contributed by atoms with Gasteiger partial charge in [-0.15, -0.1) is 0 Å². The Morgan fingerprint density at radius 1 is 1.20 bits per heavy atom. The predicted molar refractivity (Wildman–Crippen MR) is 85.3 cm³/mol. The van der Waals surface area contributed by atoms with Crippen molar-refractivity contribution < 1.29 is 4.74 Å². The van der Waals surface area contributed by atoms with Gasteiger partial charge in [0, 0.05) is 6.04 Å². The van der Waals surface area contributed by atoms with E-state index in [2.05, 4.69) is 30.4 Å². The van der Waals surface area contributed by atoms with Crippen molar-refractivity contribution in [2.45, 2.75) is 51.5 Å². The first-order valence-electron chi connectivity index (χ1n) is 7.82. The molecule has 2 heteroatoms.